The Morgan fingerprint density at radius 2 is 2.44 bits per heavy atom. The second kappa shape index (κ2) is 4.35. The van der Waals surface area contributed by atoms with Crippen LogP contribution in [0.4, 0.5) is 0 Å². The molecule has 0 radical (unpaired) electrons. The maximum atomic E-state index is 5.64. The van der Waals surface area contributed by atoms with E-state index in [1.165, 1.54) is 6.42 Å². The molecule has 1 unspecified atom stereocenters. The zero-order valence-corrected chi connectivity index (χ0v) is 9.69. The molecule has 3 heterocycles. The van der Waals surface area contributed by atoms with Crippen molar-refractivity contribution in [2.45, 2.75) is 25.5 Å². The molecular formula is C11H13N3OS. The fourth-order valence-corrected chi connectivity index (χ4v) is 2.51. The molecule has 2 aromatic rings. The van der Waals surface area contributed by atoms with Crippen LogP contribution in [0, 0.1) is 0 Å². The Balaban J connectivity index is 1.82. The molecule has 1 fully saturated rings. The highest BCUT2D eigenvalue weighted by Gasteiger charge is 2.18. The lowest BCUT2D eigenvalue weighted by molar-refractivity contribution is -0.0479. The van der Waals surface area contributed by atoms with Crippen molar-refractivity contribution < 1.29 is 4.74 Å². The van der Waals surface area contributed by atoms with Crippen molar-refractivity contribution in [3.8, 4) is 11.3 Å². The van der Waals surface area contributed by atoms with Crippen molar-refractivity contribution in [1.29, 1.82) is 0 Å². The van der Waals surface area contributed by atoms with E-state index in [4.69, 9.17) is 4.74 Å². The fourth-order valence-electron chi connectivity index (χ4n) is 1.86. The van der Waals surface area contributed by atoms with Crippen molar-refractivity contribution in [3.05, 3.63) is 23.0 Å². The topological polar surface area (TPSA) is 39.9 Å². The molecule has 0 saturated carbocycles. The normalized spacial score (nSPS) is 21.1. The van der Waals surface area contributed by atoms with Crippen LogP contribution < -0.4 is 0 Å². The Morgan fingerprint density at radius 3 is 3.19 bits per heavy atom. The molecule has 84 valence electrons. The first-order valence-electron chi connectivity index (χ1n) is 5.49. The molecule has 4 nitrogen and oxygen atoms in total. The second-order valence-electron chi connectivity index (χ2n) is 3.88. The Labute approximate surface area is 97.9 Å². The Kier molecular flexibility index (Phi) is 2.71. The Bertz CT molecular complexity index is 446. The summed E-state index contributed by atoms with van der Waals surface area (Å²) in [6, 6.07) is 2.06. The zero-order valence-electron chi connectivity index (χ0n) is 8.87. The first-order chi connectivity index (χ1) is 7.93. The molecule has 3 rings (SSSR count). The highest BCUT2D eigenvalue weighted by atomic mass is 32.1. The van der Waals surface area contributed by atoms with Gasteiger partial charge < -0.3 is 4.74 Å². The SMILES string of the molecule is c1cc(-c2cnn(C3CCCCO3)n2)cs1. The van der Waals surface area contributed by atoms with Gasteiger partial charge in [0.25, 0.3) is 0 Å². The molecule has 0 spiro atoms. The van der Waals surface area contributed by atoms with Crippen molar-refractivity contribution in [2.75, 3.05) is 6.61 Å². The van der Waals surface area contributed by atoms with E-state index in [0.717, 1.165) is 30.7 Å². The second-order valence-corrected chi connectivity index (χ2v) is 4.66. The lowest BCUT2D eigenvalue weighted by atomic mass is 10.2. The molecule has 16 heavy (non-hydrogen) atoms. The van der Waals surface area contributed by atoms with Crippen molar-refractivity contribution >= 4 is 11.3 Å². The monoisotopic (exact) mass is 235 g/mol. The van der Waals surface area contributed by atoms with Gasteiger partial charge in [-0.3, -0.25) is 0 Å². The third kappa shape index (κ3) is 1.88. The number of hydrogen-bond acceptors (Lipinski definition) is 4. The molecule has 0 aliphatic carbocycles. The van der Waals surface area contributed by atoms with Crippen LogP contribution in [-0.4, -0.2) is 21.6 Å². The molecule has 0 amide bonds. The van der Waals surface area contributed by atoms with E-state index >= 15 is 0 Å². The summed E-state index contributed by atoms with van der Waals surface area (Å²) in [6.45, 7) is 0.819. The van der Waals surface area contributed by atoms with Crippen LogP contribution in [0.25, 0.3) is 11.3 Å². The third-order valence-electron chi connectivity index (χ3n) is 2.74. The predicted molar refractivity (Wildman–Crippen MR) is 62.2 cm³/mol. The first-order valence-corrected chi connectivity index (χ1v) is 6.44. The number of nitrogens with zero attached hydrogens (tertiary/aromatic N) is 3. The Hall–Kier alpha value is -1.20. The van der Waals surface area contributed by atoms with Crippen molar-refractivity contribution in [3.63, 3.8) is 0 Å². The van der Waals surface area contributed by atoms with Crippen molar-refractivity contribution in [2.24, 2.45) is 0 Å². The first kappa shape index (κ1) is 9.99. The fraction of sp³-hybridized carbons (Fsp3) is 0.455. The van der Waals surface area contributed by atoms with Gasteiger partial charge in [-0.15, -0.1) is 0 Å². The van der Waals surface area contributed by atoms with E-state index in [1.54, 1.807) is 22.3 Å². The summed E-state index contributed by atoms with van der Waals surface area (Å²) in [5, 5.41) is 12.9. The summed E-state index contributed by atoms with van der Waals surface area (Å²) in [5.41, 5.74) is 2.06. The molecule has 0 aromatic carbocycles. The molecule has 2 aromatic heterocycles. The minimum Gasteiger partial charge on any atom is -0.355 e. The minimum atomic E-state index is 0.0288. The number of ether oxygens (including phenoxy) is 1. The average molecular weight is 235 g/mol. The number of hydrogen-bond donors (Lipinski definition) is 0. The largest absolute Gasteiger partial charge is 0.355 e. The maximum absolute atomic E-state index is 5.64. The molecule has 1 aliphatic rings. The molecular weight excluding hydrogens is 222 g/mol. The van der Waals surface area contributed by atoms with Gasteiger partial charge >= 0.3 is 0 Å². The van der Waals surface area contributed by atoms with Crippen LogP contribution in [0.2, 0.25) is 0 Å². The van der Waals surface area contributed by atoms with Crippen molar-refractivity contribution in [1.82, 2.24) is 15.0 Å². The highest BCUT2D eigenvalue weighted by molar-refractivity contribution is 7.08. The van der Waals surface area contributed by atoms with Gasteiger partial charge in [0.1, 0.15) is 5.69 Å². The molecule has 0 bridgehead atoms. The summed E-state index contributed by atoms with van der Waals surface area (Å²) in [4.78, 5) is 1.70. The van der Waals surface area contributed by atoms with Gasteiger partial charge in [0.2, 0.25) is 0 Å². The molecule has 5 heteroatoms. The van der Waals surface area contributed by atoms with Gasteiger partial charge in [0.05, 0.1) is 6.20 Å². The zero-order chi connectivity index (χ0) is 10.8. The average Bonchev–Trinajstić information content (AvgIpc) is 3.01. The highest BCUT2D eigenvalue weighted by Crippen LogP contribution is 2.23. The van der Waals surface area contributed by atoms with Gasteiger partial charge in [0, 0.05) is 17.6 Å². The van der Waals surface area contributed by atoms with Crippen LogP contribution in [0.1, 0.15) is 25.5 Å². The molecule has 1 saturated heterocycles. The summed E-state index contributed by atoms with van der Waals surface area (Å²) in [7, 11) is 0. The summed E-state index contributed by atoms with van der Waals surface area (Å²) >= 11 is 1.67. The number of aromatic nitrogens is 3. The third-order valence-corrected chi connectivity index (χ3v) is 3.42. The van der Waals surface area contributed by atoms with Gasteiger partial charge in [-0.2, -0.15) is 26.3 Å². The number of thiophene rings is 1. The molecule has 0 N–H and O–H groups in total. The lowest BCUT2D eigenvalue weighted by Crippen LogP contribution is -2.20. The number of rotatable bonds is 2. The van der Waals surface area contributed by atoms with Crippen LogP contribution in [-0.2, 0) is 4.74 Å². The summed E-state index contributed by atoms with van der Waals surface area (Å²) in [5.74, 6) is 0. The quantitative estimate of drug-likeness (QED) is 0.803. The maximum Gasteiger partial charge on any atom is 0.169 e. The van der Waals surface area contributed by atoms with Crippen LogP contribution in [0.5, 0.6) is 0 Å². The Morgan fingerprint density at radius 1 is 1.44 bits per heavy atom. The van der Waals surface area contributed by atoms with Gasteiger partial charge in [-0.1, -0.05) is 0 Å². The van der Waals surface area contributed by atoms with E-state index < -0.39 is 0 Å². The standard InChI is InChI=1S/C11H13N3OS/c1-2-5-15-11(3-1)14-12-7-10(13-14)9-4-6-16-8-9/h4,6-8,11H,1-3,5H2. The summed E-state index contributed by atoms with van der Waals surface area (Å²) in [6.07, 6.45) is 5.19. The van der Waals surface area contributed by atoms with Crippen LogP contribution >= 0.6 is 11.3 Å². The van der Waals surface area contributed by atoms with Crippen LogP contribution in [0.15, 0.2) is 23.0 Å². The smallest absolute Gasteiger partial charge is 0.169 e. The van der Waals surface area contributed by atoms with Gasteiger partial charge in [-0.25, -0.2) is 0 Å². The van der Waals surface area contributed by atoms with E-state index in [2.05, 4.69) is 21.6 Å². The van der Waals surface area contributed by atoms with E-state index in [-0.39, 0.29) is 6.23 Å². The predicted octanol–water partition coefficient (Wildman–Crippen LogP) is 2.71. The molecule has 1 aliphatic heterocycles. The van der Waals surface area contributed by atoms with E-state index in [0.29, 0.717) is 0 Å². The minimum absolute atomic E-state index is 0.0288. The van der Waals surface area contributed by atoms with Crippen LogP contribution in [0.3, 0.4) is 0 Å². The van der Waals surface area contributed by atoms with Gasteiger partial charge in [0.15, 0.2) is 6.23 Å². The molecule has 1 atom stereocenters. The summed E-state index contributed by atoms with van der Waals surface area (Å²) < 4.78 is 5.64. The van der Waals surface area contributed by atoms with E-state index in [9.17, 15) is 0 Å². The van der Waals surface area contributed by atoms with E-state index in [1.807, 2.05) is 5.38 Å². The van der Waals surface area contributed by atoms with Gasteiger partial charge in [-0.05, 0) is 30.7 Å². The lowest BCUT2D eigenvalue weighted by Gasteiger charge is -2.21.